The molecule has 0 rings (SSSR count). The van der Waals surface area contributed by atoms with Gasteiger partial charge in [-0.25, -0.2) is 0 Å². The summed E-state index contributed by atoms with van der Waals surface area (Å²) in [6.45, 7) is 7.50. The van der Waals surface area contributed by atoms with Crippen molar-refractivity contribution in [3.05, 3.63) is 12.7 Å². The molecule has 0 aliphatic rings. The van der Waals surface area contributed by atoms with Crippen LogP contribution in [-0.2, 0) is 4.79 Å². The van der Waals surface area contributed by atoms with E-state index in [1.165, 1.54) is 0 Å². The fraction of sp³-hybridized carbons (Fsp3) is 0.667. The summed E-state index contributed by atoms with van der Waals surface area (Å²) in [5.41, 5.74) is 5.29. The Labute approximate surface area is 74.2 Å². The number of hydrogen-bond acceptors (Lipinski definition) is 2. The van der Waals surface area contributed by atoms with Crippen LogP contribution in [0.5, 0.6) is 0 Å². The number of nitrogens with zero attached hydrogens (tertiary/aromatic N) is 1. The van der Waals surface area contributed by atoms with Crippen molar-refractivity contribution in [1.82, 2.24) is 4.90 Å². The molecule has 0 saturated heterocycles. The second kappa shape index (κ2) is 6.85. The third-order valence-electron chi connectivity index (χ3n) is 1.55. The highest BCUT2D eigenvalue weighted by Crippen LogP contribution is 1.95. The van der Waals surface area contributed by atoms with Gasteiger partial charge in [0.1, 0.15) is 0 Å². The summed E-state index contributed by atoms with van der Waals surface area (Å²) in [6, 6.07) is 0. The average Bonchev–Trinajstić information content (AvgIpc) is 2.04. The van der Waals surface area contributed by atoms with Crippen LogP contribution in [0.1, 0.15) is 19.8 Å². The second-order valence-corrected chi connectivity index (χ2v) is 2.67. The van der Waals surface area contributed by atoms with Crippen molar-refractivity contribution in [1.29, 1.82) is 0 Å². The fourth-order valence-electron chi connectivity index (χ4n) is 1.03. The fourth-order valence-corrected chi connectivity index (χ4v) is 1.03. The predicted molar refractivity (Wildman–Crippen MR) is 50.7 cm³/mol. The Morgan fingerprint density at radius 1 is 1.67 bits per heavy atom. The molecule has 70 valence electrons. The zero-order chi connectivity index (χ0) is 9.40. The van der Waals surface area contributed by atoms with Crippen LogP contribution in [0.2, 0.25) is 0 Å². The van der Waals surface area contributed by atoms with Crippen LogP contribution in [0.15, 0.2) is 12.7 Å². The van der Waals surface area contributed by atoms with Crippen LogP contribution in [0, 0.1) is 0 Å². The molecule has 0 aliphatic heterocycles. The lowest BCUT2D eigenvalue weighted by Crippen LogP contribution is -2.33. The van der Waals surface area contributed by atoms with E-state index >= 15 is 0 Å². The van der Waals surface area contributed by atoms with E-state index in [9.17, 15) is 4.79 Å². The summed E-state index contributed by atoms with van der Waals surface area (Å²) < 4.78 is 0. The Hall–Kier alpha value is -0.830. The predicted octanol–water partition coefficient (Wildman–Crippen LogP) is 0.760. The summed E-state index contributed by atoms with van der Waals surface area (Å²) in [7, 11) is 0. The molecule has 0 aromatic rings. The van der Waals surface area contributed by atoms with Gasteiger partial charge in [0.15, 0.2) is 0 Å². The van der Waals surface area contributed by atoms with Crippen LogP contribution in [-0.4, -0.2) is 30.4 Å². The summed E-state index contributed by atoms with van der Waals surface area (Å²) in [5.74, 6) is 0.124. The van der Waals surface area contributed by atoms with Gasteiger partial charge in [0.05, 0.1) is 0 Å². The third kappa shape index (κ3) is 4.13. The Kier molecular flexibility index (Phi) is 6.38. The van der Waals surface area contributed by atoms with Gasteiger partial charge in [0, 0.05) is 26.1 Å². The molecule has 0 aliphatic carbocycles. The van der Waals surface area contributed by atoms with Crippen LogP contribution >= 0.6 is 0 Å². The van der Waals surface area contributed by atoms with Gasteiger partial charge in [-0.3, -0.25) is 4.79 Å². The first-order valence-corrected chi connectivity index (χ1v) is 4.35. The molecule has 12 heavy (non-hydrogen) atoms. The number of carbonyl (C=O) groups excluding carboxylic acids is 1. The Bertz CT molecular complexity index is 145. The first kappa shape index (κ1) is 11.2. The van der Waals surface area contributed by atoms with E-state index in [1.54, 1.807) is 11.0 Å². The highest BCUT2D eigenvalue weighted by molar-refractivity contribution is 5.76. The number of amides is 1. The summed E-state index contributed by atoms with van der Waals surface area (Å²) >= 11 is 0. The van der Waals surface area contributed by atoms with Gasteiger partial charge in [0.2, 0.25) is 5.91 Å². The molecule has 0 bridgehead atoms. The molecule has 2 N–H and O–H groups in total. The van der Waals surface area contributed by atoms with Crippen LogP contribution in [0.25, 0.3) is 0 Å². The Morgan fingerprint density at radius 2 is 2.33 bits per heavy atom. The van der Waals surface area contributed by atoms with E-state index in [2.05, 4.69) is 6.58 Å². The van der Waals surface area contributed by atoms with Gasteiger partial charge in [-0.1, -0.05) is 13.0 Å². The van der Waals surface area contributed by atoms with Gasteiger partial charge in [-0.15, -0.1) is 6.58 Å². The highest BCUT2D eigenvalue weighted by atomic mass is 16.2. The lowest BCUT2D eigenvalue weighted by Gasteiger charge is -2.19. The van der Waals surface area contributed by atoms with Crippen molar-refractivity contribution in [2.45, 2.75) is 19.8 Å². The quantitative estimate of drug-likeness (QED) is 0.598. The molecular formula is C9H18N2O. The number of hydrogen-bond donors (Lipinski definition) is 1. The maximum Gasteiger partial charge on any atom is 0.224 e. The minimum absolute atomic E-state index is 0.124. The summed E-state index contributed by atoms with van der Waals surface area (Å²) in [4.78, 5) is 13.1. The molecule has 0 saturated carbocycles. The lowest BCUT2D eigenvalue weighted by molar-refractivity contribution is -0.130. The number of carbonyl (C=O) groups is 1. The topological polar surface area (TPSA) is 46.3 Å². The zero-order valence-electron chi connectivity index (χ0n) is 7.75. The van der Waals surface area contributed by atoms with E-state index in [4.69, 9.17) is 5.73 Å². The molecular weight excluding hydrogens is 152 g/mol. The van der Waals surface area contributed by atoms with E-state index in [0.29, 0.717) is 19.5 Å². The van der Waals surface area contributed by atoms with Crippen LogP contribution in [0.3, 0.4) is 0 Å². The molecule has 0 spiro atoms. The largest absolute Gasteiger partial charge is 0.339 e. The normalized spacial score (nSPS) is 9.50. The van der Waals surface area contributed by atoms with E-state index < -0.39 is 0 Å². The van der Waals surface area contributed by atoms with Crippen molar-refractivity contribution < 1.29 is 4.79 Å². The summed E-state index contributed by atoms with van der Waals surface area (Å²) in [5, 5.41) is 0. The molecule has 0 fully saturated rings. The molecule has 1 amide bonds. The number of rotatable bonds is 6. The lowest BCUT2D eigenvalue weighted by atomic mass is 10.3. The van der Waals surface area contributed by atoms with Crippen LogP contribution in [0.4, 0.5) is 0 Å². The van der Waals surface area contributed by atoms with Crippen molar-refractivity contribution >= 4 is 5.91 Å². The molecule has 0 radical (unpaired) electrons. The third-order valence-corrected chi connectivity index (χ3v) is 1.55. The first-order chi connectivity index (χ1) is 5.76. The van der Waals surface area contributed by atoms with Gasteiger partial charge in [-0.2, -0.15) is 0 Å². The Balaban J connectivity index is 3.89. The molecule has 3 heteroatoms. The monoisotopic (exact) mass is 170 g/mol. The van der Waals surface area contributed by atoms with Gasteiger partial charge in [0.25, 0.3) is 0 Å². The molecule has 0 unspecified atom stereocenters. The second-order valence-electron chi connectivity index (χ2n) is 2.67. The minimum atomic E-state index is 0.124. The standard InChI is InChI=1S/C9H18N2O/c1-3-7-11(8-4-2)9(12)5-6-10/h3H,1,4-8,10H2,2H3. The first-order valence-electron chi connectivity index (χ1n) is 4.35. The summed E-state index contributed by atoms with van der Waals surface area (Å²) in [6.07, 6.45) is 3.15. The van der Waals surface area contributed by atoms with E-state index in [0.717, 1.165) is 13.0 Å². The van der Waals surface area contributed by atoms with E-state index in [-0.39, 0.29) is 5.91 Å². The smallest absolute Gasteiger partial charge is 0.224 e. The number of nitrogens with two attached hydrogens (primary N) is 1. The Morgan fingerprint density at radius 3 is 2.75 bits per heavy atom. The minimum Gasteiger partial charge on any atom is -0.339 e. The molecule has 3 nitrogen and oxygen atoms in total. The van der Waals surface area contributed by atoms with Crippen molar-refractivity contribution in [2.24, 2.45) is 5.73 Å². The van der Waals surface area contributed by atoms with Gasteiger partial charge >= 0.3 is 0 Å². The SMILES string of the molecule is C=CCN(CCC)C(=O)CCN. The molecule has 0 atom stereocenters. The van der Waals surface area contributed by atoms with Crippen molar-refractivity contribution in [3.8, 4) is 0 Å². The van der Waals surface area contributed by atoms with Gasteiger partial charge < -0.3 is 10.6 Å². The average molecular weight is 170 g/mol. The van der Waals surface area contributed by atoms with Crippen molar-refractivity contribution in [3.63, 3.8) is 0 Å². The van der Waals surface area contributed by atoms with Crippen molar-refractivity contribution in [2.75, 3.05) is 19.6 Å². The van der Waals surface area contributed by atoms with Crippen LogP contribution < -0.4 is 5.73 Å². The highest BCUT2D eigenvalue weighted by Gasteiger charge is 2.08. The van der Waals surface area contributed by atoms with E-state index in [1.807, 2.05) is 6.92 Å². The van der Waals surface area contributed by atoms with Gasteiger partial charge in [-0.05, 0) is 6.42 Å². The molecule has 0 heterocycles. The maximum atomic E-state index is 11.3. The molecule has 0 aromatic heterocycles. The molecule has 0 aromatic carbocycles. The zero-order valence-corrected chi connectivity index (χ0v) is 7.75. The maximum absolute atomic E-state index is 11.3.